The van der Waals surface area contributed by atoms with Gasteiger partial charge < -0.3 is 14.7 Å². The van der Waals surface area contributed by atoms with E-state index < -0.39 is 11.4 Å². The number of aliphatic carboxylic acids is 1. The Morgan fingerprint density at radius 3 is 3.05 bits per heavy atom. The van der Waals surface area contributed by atoms with E-state index in [0.717, 1.165) is 43.1 Å². The molecule has 0 aliphatic carbocycles. The second kappa shape index (κ2) is 5.83. The number of anilines is 1. The number of aromatic nitrogens is 2. The van der Waals surface area contributed by atoms with Gasteiger partial charge in [0.15, 0.2) is 0 Å². The Labute approximate surface area is 130 Å². The Hall–Kier alpha value is -1.69. The van der Waals surface area contributed by atoms with E-state index in [9.17, 15) is 9.90 Å². The molecule has 6 heteroatoms. The number of fused-ring (bicyclic) bond motifs is 1. The molecule has 0 bridgehead atoms. The van der Waals surface area contributed by atoms with Crippen molar-refractivity contribution in [1.82, 2.24) is 9.97 Å². The van der Waals surface area contributed by atoms with Crippen molar-refractivity contribution < 1.29 is 14.6 Å². The normalized spacial score (nSPS) is 27.7. The number of ether oxygens (including phenoxy) is 1. The Morgan fingerprint density at radius 1 is 1.55 bits per heavy atom. The van der Waals surface area contributed by atoms with Gasteiger partial charge in [0.2, 0.25) is 0 Å². The van der Waals surface area contributed by atoms with E-state index in [1.807, 2.05) is 13.0 Å². The first-order valence-corrected chi connectivity index (χ1v) is 7.96. The SMILES string of the molecule is CCCc1nc(C)cc(N2C[C@@H]3CCOC[C@]3(C(=O)O)C2)n1. The summed E-state index contributed by atoms with van der Waals surface area (Å²) in [4.78, 5) is 23.0. The predicted octanol–water partition coefficient (Wildman–Crippen LogP) is 1.67. The molecule has 0 unspecified atom stereocenters. The Bertz CT molecular complexity index is 578. The van der Waals surface area contributed by atoms with Crippen LogP contribution in [0.4, 0.5) is 5.82 Å². The number of aryl methyl sites for hydroxylation is 2. The summed E-state index contributed by atoms with van der Waals surface area (Å²) < 4.78 is 5.48. The fourth-order valence-electron chi connectivity index (χ4n) is 3.57. The minimum absolute atomic E-state index is 0.128. The maximum atomic E-state index is 11.8. The van der Waals surface area contributed by atoms with Gasteiger partial charge in [-0.1, -0.05) is 6.92 Å². The largest absolute Gasteiger partial charge is 0.481 e. The molecule has 2 saturated heterocycles. The summed E-state index contributed by atoms with van der Waals surface area (Å²) in [5, 5.41) is 9.72. The zero-order chi connectivity index (χ0) is 15.7. The van der Waals surface area contributed by atoms with Crippen LogP contribution in [0.25, 0.3) is 0 Å². The molecule has 3 heterocycles. The third kappa shape index (κ3) is 2.56. The average molecular weight is 305 g/mol. The van der Waals surface area contributed by atoms with Crippen LogP contribution in [0.1, 0.15) is 31.3 Å². The van der Waals surface area contributed by atoms with Gasteiger partial charge in [-0.05, 0) is 25.7 Å². The molecule has 120 valence electrons. The van der Waals surface area contributed by atoms with Gasteiger partial charge in [0.05, 0.1) is 6.61 Å². The summed E-state index contributed by atoms with van der Waals surface area (Å²) in [7, 11) is 0. The number of carboxylic acids is 1. The standard InChI is InChI=1S/C16H23N3O3/c1-3-4-13-17-11(2)7-14(18-13)19-8-12-5-6-22-10-16(12,9-19)15(20)21/h7,12H,3-6,8-10H2,1-2H3,(H,20,21)/t12-,16+/m0/s1. The van der Waals surface area contributed by atoms with Crippen molar-refractivity contribution in [3.63, 3.8) is 0 Å². The average Bonchev–Trinajstić information content (AvgIpc) is 2.88. The molecule has 6 nitrogen and oxygen atoms in total. The minimum Gasteiger partial charge on any atom is -0.481 e. The van der Waals surface area contributed by atoms with E-state index in [2.05, 4.69) is 21.8 Å². The quantitative estimate of drug-likeness (QED) is 0.912. The zero-order valence-electron chi connectivity index (χ0n) is 13.2. The molecule has 1 aromatic heterocycles. The lowest BCUT2D eigenvalue weighted by atomic mass is 9.76. The Kier molecular flexibility index (Phi) is 4.04. The van der Waals surface area contributed by atoms with Crippen LogP contribution in [0.2, 0.25) is 0 Å². The van der Waals surface area contributed by atoms with Crippen LogP contribution in [0.3, 0.4) is 0 Å². The summed E-state index contributed by atoms with van der Waals surface area (Å²) in [5.74, 6) is 1.07. The highest BCUT2D eigenvalue weighted by molar-refractivity contribution is 5.77. The maximum Gasteiger partial charge on any atom is 0.314 e. The number of rotatable bonds is 4. The van der Waals surface area contributed by atoms with Crippen LogP contribution < -0.4 is 4.90 Å². The lowest BCUT2D eigenvalue weighted by molar-refractivity contribution is -0.159. The van der Waals surface area contributed by atoms with E-state index in [1.165, 1.54) is 0 Å². The molecule has 2 aliphatic heterocycles. The highest BCUT2D eigenvalue weighted by atomic mass is 16.5. The van der Waals surface area contributed by atoms with Gasteiger partial charge in [-0.15, -0.1) is 0 Å². The Morgan fingerprint density at radius 2 is 2.36 bits per heavy atom. The third-order valence-electron chi connectivity index (χ3n) is 4.78. The van der Waals surface area contributed by atoms with Gasteiger partial charge >= 0.3 is 5.97 Å². The molecular formula is C16H23N3O3. The molecule has 3 rings (SSSR count). The van der Waals surface area contributed by atoms with Crippen molar-refractivity contribution in [3.8, 4) is 0 Å². The predicted molar refractivity (Wildman–Crippen MR) is 82.0 cm³/mol. The van der Waals surface area contributed by atoms with E-state index in [1.54, 1.807) is 0 Å². The van der Waals surface area contributed by atoms with Crippen molar-refractivity contribution in [3.05, 3.63) is 17.6 Å². The van der Waals surface area contributed by atoms with Crippen molar-refractivity contribution in [2.24, 2.45) is 11.3 Å². The van der Waals surface area contributed by atoms with Gasteiger partial charge in [0.25, 0.3) is 0 Å². The molecule has 0 saturated carbocycles. The highest BCUT2D eigenvalue weighted by Gasteiger charge is 2.54. The monoisotopic (exact) mass is 305 g/mol. The topological polar surface area (TPSA) is 75.6 Å². The summed E-state index contributed by atoms with van der Waals surface area (Å²) in [6.07, 6.45) is 2.65. The van der Waals surface area contributed by atoms with Gasteiger partial charge in [0, 0.05) is 37.9 Å². The second-order valence-corrected chi connectivity index (χ2v) is 6.41. The third-order valence-corrected chi connectivity index (χ3v) is 4.78. The molecule has 0 amide bonds. The first-order valence-electron chi connectivity index (χ1n) is 7.96. The molecule has 2 atom stereocenters. The minimum atomic E-state index is -0.790. The van der Waals surface area contributed by atoms with Gasteiger partial charge in [0.1, 0.15) is 17.1 Å². The van der Waals surface area contributed by atoms with Crippen molar-refractivity contribution in [1.29, 1.82) is 0 Å². The van der Waals surface area contributed by atoms with Gasteiger partial charge in [-0.25, -0.2) is 9.97 Å². The Balaban J connectivity index is 1.89. The molecule has 0 radical (unpaired) electrons. The maximum absolute atomic E-state index is 11.8. The number of nitrogens with zero attached hydrogens (tertiary/aromatic N) is 3. The first-order chi connectivity index (χ1) is 10.5. The van der Waals surface area contributed by atoms with Gasteiger partial charge in [-0.2, -0.15) is 0 Å². The number of hydrogen-bond donors (Lipinski definition) is 1. The van der Waals surface area contributed by atoms with Crippen molar-refractivity contribution in [2.75, 3.05) is 31.2 Å². The lowest BCUT2D eigenvalue weighted by Crippen LogP contribution is -2.46. The molecule has 22 heavy (non-hydrogen) atoms. The van der Waals surface area contributed by atoms with E-state index in [4.69, 9.17) is 4.74 Å². The van der Waals surface area contributed by atoms with E-state index in [0.29, 0.717) is 19.8 Å². The van der Waals surface area contributed by atoms with Crippen LogP contribution in [-0.2, 0) is 16.0 Å². The second-order valence-electron chi connectivity index (χ2n) is 6.41. The van der Waals surface area contributed by atoms with Crippen LogP contribution in [0.5, 0.6) is 0 Å². The van der Waals surface area contributed by atoms with Crippen molar-refractivity contribution in [2.45, 2.75) is 33.1 Å². The molecule has 2 fully saturated rings. The first kappa shape index (κ1) is 15.2. The molecular weight excluding hydrogens is 282 g/mol. The zero-order valence-corrected chi connectivity index (χ0v) is 13.2. The van der Waals surface area contributed by atoms with Crippen LogP contribution in [-0.4, -0.2) is 47.3 Å². The highest BCUT2D eigenvalue weighted by Crippen LogP contribution is 2.42. The fraction of sp³-hybridized carbons (Fsp3) is 0.688. The van der Waals surface area contributed by atoms with Gasteiger partial charge in [-0.3, -0.25) is 4.79 Å². The van der Waals surface area contributed by atoms with E-state index >= 15 is 0 Å². The van der Waals surface area contributed by atoms with Crippen molar-refractivity contribution >= 4 is 11.8 Å². The number of carboxylic acid groups (broad SMARTS) is 1. The summed E-state index contributed by atoms with van der Waals surface area (Å²) >= 11 is 0. The van der Waals surface area contributed by atoms with E-state index in [-0.39, 0.29) is 5.92 Å². The fourth-order valence-corrected chi connectivity index (χ4v) is 3.57. The van der Waals surface area contributed by atoms with Crippen LogP contribution in [0.15, 0.2) is 6.07 Å². The van der Waals surface area contributed by atoms with Crippen LogP contribution in [0, 0.1) is 18.3 Å². The van der Waals surface area contributed by atoms with Crippen LogP contribution >= 0.6 is 0 Å². The molecule has 2 aliphatic rings. The summed E-state index contributed by atoms with van der Waals surface area (Å²) in [6, 6.07) is 1.95. The molecule has 1 N–H and O–H groups in total. The number of carbonyl (C=O) groups is 1. The molecule has 1 aromatic rings. The smallest absolute Gasteiger partial charge is 0.314 e. The molecule has 0 aromatic carbocycles. The summed E-state index contributed by atoms with van der Waals surface area (Å²) in [5.41, 5.74) is 0.145. The molecule has 0 spiro atoms. The summed E-state index contributed by atoms with van der Waals surface area (Å²) in [6.45, 7) is 6.22. The lowest BCUT2D eigenvalue weighted by Gasteiger charge is -2.33. The number of hydrogen-bond acceptors (Lipinski definition) is 5.